The number of benzene rings is 2. The summed E-state index contributed by atoms with van der Waals surface area (Å²) < 4.78 is 21.1. The van der Waals surface area contributed by atoms with Crippen molar-refractivity contribution in [2.24, 2.45) is 23.0 Å². The van der Waals surface area contributed by atoms with Crippen molar-refractivity contribution in [3.8, 4) is 16.2 Å². The first-order chi connectivity index (χ1) is 34.0. The predicted molar refractivity (Wildman–Crippen MR) is 274 cm³/mol. The number of ether oxygens (including phenoxy) is 1. The van der Waals surface area contributed by atoms with Crippen LogP contribution in [0.4, 0.5) is 15.9 Å². The summed E-state index contributed by atoms with van der Waals surface area (Å²) in [5, 5.41) is 20.5. The summed E-state index contributed by atoms with van der Waals surface area (Å²) in [5.41, 5.74) is 8.05. The summed E-state index contributed by atoms with van der Waals surface area (Å²) >= 11 is 9.75. The molecule has 71 heavy (non-hydrogen) atoms. The summed E-state index contributed by atoms with van der Waals surface area (Å²) in [4.78, 5) is 75.2. The number of rotatable bonds is 19. The molecule has 3 aliphatic heterocycles. The fraction of sp³-hybridized carbons (Fsp3) is 0.549. The highest BCUT2D eigenvalue weighted by Crippen LogP contribution is 2.41. The summed E-state index contributed by atoms with van der Waals surface area (Å²) in [6.45, 7) is 12.7. The third-order valence-corrected chi connectivity index (χ3v) is 16.4. The van der Waals surface area contributed by atoms with Crippen LogP contribution in [0.5, 0.6) is 5.75 Å². The first kappa shape index (κ1) is 52.4. The van der Waals surface area contributed by atoms with Crippen LogP contribution >= 0.6 is 34.7 Å². The number of aromatic nitrogens is 3. The van der Waals surface area contributed by atoms with Crippen molar-refractivity contribution >= 4 is 69.8 Å². The number of hydrogen-bond acceptors (Lipinski definition) is 14. The summed E-state index contributed by atoms with van der Waals surface area (Å²) in [5.74, 6) is 0.290. The van der Waals surface area contributed by atoms with Gasteiger partial charge in [-0.15, -0.1) is 11.3 Å². The first-order valence-electron chi connectivity index (χ1n) is 24.7. The van der Waals surface area contributed by atoms with Crippen LogP contribution < -0.4 is 31.3 Å². The molecule has 2 aromatic carbocycles. The van der Waals surface area contributed by atoms with E-state index in [1.807, 2.05) is 43.3 Å². The highest BCUT2D eigenvalue weighted by Gasteiger charge is 2.53. The number of halogens is 2. The van der Waals surface area contributed by atoms with Crippen molar-refractivity contribution in [1.82, 2.24) is 35.4 Å². The van der Waals surface area contributed by atoms with Crippen molar-refractivity contribution in [1.29, 1.82) is 0 Å². The number of piperidine rings is 1. The van der Waals surface area contributed by atoms with Crippen LogP contribution in [-0.4, -0.2) is 130 Å². The van der Waals surface area contributed by atoms with Gasteiger partial charge in [0.2, 0.25) is 17.7 Å². The van der Waals surface area contributed by atoms with Gasteiger partial charge in [0.25, 0.3) is 5.91 Å². The Bertz CT molecular complexity index is 2540. The molecule has 16 nitrogen and oxygen atoms in total. The lowest BCUT2D eigenvalue weighted by Gasteiger charge is -2.35. The number of hydrogen-bond donors (Lipinski definition) is 5. The van der Waals surface area contributed by atoms with E-state index in [1.165, 1.54) is 28.0 Å². The number of nitrogens with two attached hydrogens (primary N) is 1. The van der Waals surface area contributed by atoms with E-state index in [2.05, 4.69) is 40.7 Å². The van der Waals surface area contributed by atoms with E-state index in [-0.39, 0.29) is 44.2 Å². The number of carbonyl (C=O) groups excluding carboxylic acids is 4. The molecular formula is C51H66ClFN10O6S2. The Morgan fingerprint density at radius 2 is 1.82 bits per heavy atom. The lowest BCUT2D eigenvalue weighted by Crippen LogP contribution is -2.59. The number of nitrogens with zero attached hydrogens (tertiary/aromatic N) is 6. The normalized spacial score (nSPS) is 20.7. The minimum Gasteiger partial charge on any atom is -0.493 e. The maximum absolute atomic E-state index is 14.7. The molecule has 4 amide bonds. The fourth-order valence-electron chi connectivity index (χ4n) is 9.48. The number of likely N-dealkylation sites (tertiary alicyclic amines) is 2. The number of carbonyl (C=O) groups is 4. The van der Waals surface area contributed by atoms with Gasteiger partial charge in [-0.1, -0.05) is 62.3 Å². The summed E-state index contributed by atoms with van der Waals surface area (Å²) in [7, 11) is 0. The van der Waals surface area contributed by atoms with Crippen molar-refractivity contribution in [2.45, 2.75) is 119 Å². The van der Waals surface area contributed by atoms with Gasteiger partial charge in [-0.2, -0.15) is 0 Å². The second kappa shape index (κ2) is 22.9. The van der Waals surface area contributed by atoms with Crippen molar-refractivity contribution in [2.75, 3.05) is 62.6 Å². The molecule has 4 aromatic rings. The molecule has 0 radical (unpaired) electrons. The molecule has 4 fully saturated rings. The largest absolute Gasteiger partial charge is 0.493 e. The Labute approximate surface area is 428 Å². The zero-order valence-electron chi connectivity index (χ0n) is 40.9. The van der Waals surface area contributed by atoms with Gasteiger partial charge >= 0.3 is 0 Å². The number of nitrogens with one attached hydrogen (secondary N) is 3. The van der Waals surface area contributed by atoms with Gasteiger partial charge in [-0.3, -0.25) is 19.2 Å². The van der Waals surface area contributed by atoms with Gasteiger partial charge in [-0.05, 0) is 106 Å². The minimum absolute atomic E-state index is 0.0268. The number of amides is 4. The van der Waals surface area contributed by atoms with Crippen molar-refractivity contribution in [3.63, 3.8) is 0 Å². The van der Waals surface area contributed by atoms with Crippen molar-refractivity contribution in [3.05, 3.63) is 70.6 Å². The molecule has 5 heterocycles. The van der Waals surface area contributed by atoms with E-state index in [1.54, 1.807) is 38.7 Å². The Kier molecular flexibility index (Phi) is 16.9. The molecule has 4 atom stereocenters. The van der Waals surface area contributed by atoms with Crippen molar-refractivity contribution < 1.29 is 33.4 Å². The Morgan fingerprint density at radius 1 is 1.04 bits per heavy atom. The highest BCUT2D eigenvalue weighted by molar-refractivity contribution is 7.99. The predicted octanol–water partition coefficient (Wildman–Crippen LogP) is 6.62. The van der Waals surface area contributed by atoms with Crippen LogP contribution in [0.25, 0.3) is 10.4 Å². The van der Waals surface area contributed by atoms with E-state index in [0.717, 1.165) is 90.8 Å². The van der Waals surface area contributed by atoms with E-state index < -0.39 is 47.0 Å². The summed E-state index contributed by atoms with van der Waals surface area (Å²) in [6.07, 6.45) is 6.83. The Morgan fingerprint density at radius 3 is 2.49 bits per heavy atom. The molecule has 6 N–H and O–H groups in total. The minimum atomic E-state index is -1.97. The van der Waals surface area contributed by atoms with E-state index in [4.69, 9.17) is 22.1 Å². The third-order valence-electron chi connectivity index (χ3n) is 13.9. The molecule has 1 aliphatic carbocycles. The number of aryl methyl sites for hydroxylation is 1. The molecular weight excluding hydrogens is 967 g/mol. The molecule has 0 bridgehead atoms. The van der Waals surface area contributed by atoms with Gasteiger partial charge in [0.1, 0.15) is 28.7 Å². The van der Waals surface area contributed by atoms with Gasteiger partial charge in [0, 0.05) is 56.0 Å². The molecule has 382 valence electrons. The average molecular weight is 1030 g/mol. The highest BCUT2D eigenvalue weighted by atomic mass is 35.5. The van der Waals surface area contributed by atoms with Crippen LogP contribution in [0.1, 0.15) is 83.4 Å². The topological polar surface area (TPSA) is 208 Å². The number of aliphatic hydroxyl groups is 1. The molecule has 2 unspecified atom stereocenters. The van der Waals surface area contributed by atoms with E-state index in [0.29, 0.717) is 47.0 Å². The van der Waals surface area contributed by atoms with E-state index >= 15 is 0 Å². The molecule has 4 aliphatic rings. The monoisotopic (exact) mass is 1030 g/mol. The van der Waals surface area contributed by atoms with Gasteiger partial charge in [0.05, 0.1) is 51.9 Å². The van der Waals surface area contributed by atoms with Crippen LogP contribution in [0.2, 0.25) is 5.02 Å². The number of thiazole rings is 1. The van der Waals surface area contributed by atoms with Gasteiger partial charge < -0.3 is 46.2 Å². The first-order valence-corrected chi connectivity index (χ1v) is 26.7. The van der Waals surface area contributed by atoms with E-state index in [9.17, 15) is 28.7 Å². The van der Waals surface area contributed by atoms with Crippen LogP contribution in [0.3, 0.4) is 0 Å². The summed E-state index contributed by atoms with van der Waals surface area (Å²) in [6, 6.07) is 9.36. The van der Waals surface area contributed by atoms with Crippen LogP contribution in [0.15, 0.2) is 64.2 Å². The van der Waals surface area contributed by atoms with Crippen LogP contribution in [-0.2, 0) is 25.7 Å². The molecule has 2 aromatic heterocycles. The maximum atomic E-state index is 14.7. The lowest BCUT2D eigenvalue weighted by atomic mass is 9.85. The number of β-amino-alcohol motifs (C(OH)–C–C–N with tert-alkyl or cyclic N) is 1. The third kappa shape index (κ3) is 13.2. The fourth-order valence-corrected chi connectivity index (χ4v) is 11.4. The lowest BCUT2D eigenvalue weighted by molar-refractivity contribution is -0.145. The average Bonchev–Trinajstić information content (AvgIpc) is 3.64. The zero-order chi connectivity index (χ0) is 50.5. The Hall–Kier alpha value is -4.92. The van der Waals surface area contributed by atoms with Gasteiger partial charge in [-0.25, -0.2) is 19.3 Å². The standard InChI is InChI=1S/C51H66ClFN10O6S2/c1-31-45(70-30-58-31)34-9-10-35(25-57-47(66)38-23-36(64)29-63(38)48(67)46(50(2,3)4)60-49(68)51(53)14-15-51)39(22-34)69-20-6-16-61-17-11-32(12-18-61)21-42(65)59-37-7-5-8-40(44(37)52)71-43-27-55-41(26-56-43)62-19-13-33(24-54)28-62/h5,7-10,22,26-27,30,32-33,36,38,46,64H,6,11-21,23-25,28-29,54H2,1-4H3,(H,57,66)(H,59,65)(H,60,68)/t33-,36?,38?,46-/m1/s1. The quantitative estimate of drug-likeness (QED) is 0.0627. The Balaban J connectivity index is 0.806. The molecule has 1 saturated carbocycles. The second-order valence-corrected chi connectivity index (χ2v) is 22.7. The molecule has 3 saturated heterocycles. The SMILES string of the molecule is Cc1ncsc1-c1ccc(CNC(=O)C2CC(O)CN2C(=O)[C@@H](NC(=O)C2(F)CC2)C(C)(C)C)c(OCCCN2CCC(CC(=O)Nc3cccc(Sc4cnc(N5CC[C@H](CN)C5)cn4)c3Cl)CC2)c1. The zero-order valence-corrected chi connectivity index (χ0v) is 43.3. The van der Waals surface area contributed by atoms with Crippen LogP contribution in [0, 0.1) is 24.2 Å². The number of anilines is 2. The smallest absolute Gasteiger partial charge is 0.258 e. The molecule has 8 rings (SSSR count). The van der Waals surface area contributed by atoms with Gasteiger partial charge in [0.15, 0.2) is 5.67 Å². The maximum Gasteiger partial charge on any atom is 0.258 e. The second-order valence-electron chi connectivity index (χ2n) is 20.4. The number of alkyl halides is 1. The number of aliphatic hydroxyl groups excluding tert-OH is 1. The molecule has 0 spiro atoms. The molecule has 20 heteroatoms.